The number of carbonyl (C=O) groups is 2. The summed E-state index contributed by atoms with van der Waals surface area (Å²) in [6.07, 6.45) is 5.27. The maximum absolute atomic E-state index is 14.2. The van der Waals surface area contributed by atoms with E-state index in [-0.39, 0.29) is 34.0 Å². The number of esters is 1. The summed E-state index contributed by atoms with van der Waals surface area (Å²) in [7, 11) is 1.23. The number of hydrogen-bond donors (Lipinski definition) is 1. The van der Waals surface area contributed by atoms with Crippen LogP contribution in [0.3, 0.4) is 0 Å². The fourth-order valence-corrected chi connectivity index (χ4v) is 5.44. The number of nitrogens with one attached hydrogen (secondary N) is 1. The molecular weight excluding hydrogens is 550 g/mol. The van der Waals surface area contributed by atoms with Crippen molar-refractivity contribution in [3.63, 3.8) is 0 Å². The Labute approximate surface area is 236 Å². The van der Waals surface area contributed by atoms with E-state index in [0.717, 1.165) is 16.8 Å². The van der Waals surface area contributed by atoms with Crippen LogP contribution in [0.5, 0.6) is 0 Å². The lowest BCUT2D eigenvalue weighted by Gasteiger charge is -2.30. The fraction of sp³-hybridized carbons (Fsp3) is 0.241. The SMILES string of the molecule is COC(=O)c1cccc(-n2c(=O)n([C@H]3CC[C@@H](NC(=O)c4cn5cc(F)ccc5n4)CC3)c(=O)c3cc(F)cnc32)c1. The normalized spacial score (nSPS) is 16.9. The zero-order valence-corrected chi connectivity index (χ0v) is 22.3. The number of methoxy groups -OCH3 is 1. The van der Waals surface area contributed by atoms with Crippen molar-refractivity contribution in [2.45, 2.75) is 37.8 Å². The molecule has 0 atom stereocenters. The largest absolute Gasteiger partial charge is 0.465 e. The number of nitrogens with zero attached hydrogens (tertiary/aromatic N) is 5. The first-order valence-electron chi connectivity index (χ1n) is 13.2. The number of imidazole rings is 1. The predicted octanol–water partition coefficient (Wildman–Crippen LogP) is 3.17. The first kappa shape index (κ1) is 27.0. The van der Waals surface area contributed by atoms with Gasteiger partial charge in [-0.3, -0.25) is 14.2 Å². The van der Waals surface area contributed by atoms with Crippen molar-refractivity contribution in [2.24, 2.45) is 0 Å². The number of carbonyl (C=O) groups excluding carboxylic acids is 2. The zero-order valence-electron chi connectivity index (χ0n) is 22.3. The molecule has 0 unspecified atom stereocenters. The fourth-order valence-electron chi connectivity index (χ4n) is 5.44. The van der Waals surface area contributed by atoms with Crippen LogP contribution in [-0.4, -0.2) is 48.5 Å². The minimum Gasteiger partial charge on any atom is -0.465 e. The molecule has 4 aromatic heterocycles. The first-order chi connectivity index (χ1) is 20.2. The lowest BCUT2D eigenvalue weighted by Crippen LogP contribution is -2.45. The standard InChI is InChI=1S/C29H24F2N6O5/c1-42-28(40)16-3-2-4-21(11-16)36-25-22(12-18(31)13-32-25)27(39)37(29(36)41)20-8-6-19(7-9-20)33-26(38)23-15-35-14-17(30)5-10-24(35)34-23/h2-5,10-15,19-20H,6-9H2,1H3,(H,33,38)/t19-,20+. The number of rotatable bonds is 5. The highest BCUT2D eigenvalue weighted by Crippen LogP contribution is 2.28. The number of aromatic nitrogens is 5. The van der Waals surface area contributed by atoms with E-state index in [0.29, 0.717) is 31.3 Å². The highest BCUT2D eigenvalue weighted by molar-refractivity contribution is 5.93. The molecular formula is C29H24F2N6O5. The number of halogens is 2. The van der Waals surface area contributed by atoms with Crippen LogP contribution in [0.4, 0.5) is 8.78 Å². The van der Waals surface area contributed by atoms with Crippen molar-refractivity contribution >= 4 is 28.6 Å². The van der Waals surface area contributed by atoms with Gasteiger partial charge < -0.3 is 14.5 Å². The molecule has 1 saturated carbocycles. The quantitative estimate of drug-likeness (QED) is 0.319. The third kappa shape index (κ3) is 4.82. The van der Waals surface area contributed by atoms with Crippen LogP contribution < -0.4 is 16.6 Å². The molecule has 6 rings (SSSR count). The molecule has 1 aliphatic rings. The van der Waals surface area contributed by atoms with Crippen LogP contribution in [0.1, 0.15) is 52.6 Å². The average molecular weight is 575 g/mol. The molecule has 1 aliphatic carbocycles. The summed E-state index contributed by atoms with van der Waals surface area (Å²) >= 11 is 0. The number of hydrogen-bond acceptors (Lipinski definition) is 7. The van der Waals surface area contributed by atoms with Gasteiger partial charge in [0.1, 0.15) is 23.0 Å². The van der Waals surface area contributed by atoms with Crippen LogP contribution in [0, 0.1) is 11.6 Å². The maximum Gasteiger partial charge on any atom is 0.337 e. The van der Waals surface area contributed by atoms with E-state index in [1.807, 2.05) is 0 Å². The summed E-state index contributed by atoms with van der Waals surface area (Å²) in [5, 5.41) is 2.84. The van der Waals surface area contributed by atoms with Gasteiger partial charge in [-0.05, 0) is 62.1 Å². The van der Waals surface area contributed by atoms with E-state index in [9.17, 15) is 28.0 Å². The molecule has 1 aromatic carbocycles. The van der Waals surface area contributed by atoms with Gasteiger partial charge >= 0.3 is 11.7 Å². The van der Waals surface area contributed by atoms with E-state index in [2.05, 4.69) is 15.3 Å². The van der Waals surface area contributed by atoms with Crippen molar-refractivity contribution in [3.8, 4) is 5.69 Å². The van der Waals surface area contributed by atoms with Crippen molar-refractivity contribution < 1.29 is 23.1 Å². The second-order valence-corrected chi connectivity index (χ2v) is 10.1. The molecule has 0 bridgehead atoms. The van der Waals surface area contributed by atoms with Gasteiger partial charge in [0.25, 0.3) is 11.5 Å². The topological polar surface area (TPSA) is 130 Å². The Hall–Kier alpha value is -5.20. The van der Waals surface area contributed by atoms with Gasteiger partial charge in [-0.2, -0.15) is 0 Å². The molecule has 11 nitrogen and oxygen atoms in total. The van der Waals surface area contributed by atoms with E-state index < -0.39 is 40.8 Å². The van der Waals surface area contributed by atoms with Crippen molar-refractivity contribution in [3.05, 3.63) is 105 Å². The predicted molar refractivity (Wildman–Crippen MR) is 147 cm³/mol. The molecule has 1 N–H and O–H groups in total. The lowest BCUT2D eigenvalue weighted by molar-refractivity contribution is 0.0600. The van der Waals surface area contributed by atoms with Gasteiger partial charge in [-0.25, -0.2) is 32.9 Å². The second kappa shape index (κ2) is 10.7. The number of pyridine rings is 2. The monoisotopic (exact) mass is 574 g/mol. The minimum absolute atomic E-state index is 0.0436. The highest BCUT2D eigenvalue weighted by Gasteiger charge is 2.28. The Morgan fingerprint density at radius 3 is 2.55 bits per heavy atom. The maximum atomic E-state index is 14.2. The molecule has 0 saturated heterocycles. The summed E-state index contributed by atoms with van der Waals surface area (Å²) in [6, 6.07) is 9.09. The van der Waals surface area contributed by atoms with E-state index in [4.69, 9.17) is 4.74 Å². The van der Waals surface area contributed by atoms with Crippen molar-refractivity contribution in [1.82, 2.24) is 28.8 Å². The molecule has 0 aliphatic heterocycles. The highest BCUT2D eigenvalue weighted by atomic mass is 19.1. The Morgan fingerprint density at radius 1 is 1.00 bits per heavy atom. The molecule has 1 fully saturated rings. The molecule has 0 spiro atoms. The second-order valence-electron chi connectivity index (χ2n) is 10.1. The third-order valence-corrected chi connectivity index (χ3v) is 7.46. The van der Waals surface area contributed by atoms with Crippen molar-refractivity contribution in [1.29, 1.82) is 0 Å². The van der Waals surface area contributed by atoms with Gasteiger partial charge in [-0.15, -0.1) is 0 Å². The molecule has 0 radical (unpaired) electrons. The molecule has 214 valence electrons. The van der Waals surface area contributed by atoms with Gasteiger partial charge in [0.05, 0.1) is 29.9 Å². The first-order valence-corrected chi connectivity index (χ1v) is 13.2. The van der Waals surface area contributed by atoms with Gasteiger partial charge in [0, 0.05) is 24.5 Å². The number of fused-ring (bicyclic) bond motifs is 2. The zero-order chi connectivity index (χ0) is 29.5. The Kier molecular flexibility index (Phi) is 6.85. The van der Waals surface area contributed by atoms with E-state index >= 15 is 0 Å². The minimum atomic E-state index is -0.735. The molecule has 5 aromatic rings. The number of amides is 1. The van der Waals surface area contributed by atoms with E-state index in [1.54, 1.807) is 12.1 Å². The summed E-state index contributed by atoms with van der Waals surface area (Å²) in [5.74, 6) is -2.22. The summed E-state index contributed by atoms with van der Waals surface area (Å²) in [5.41, 5.74) is -0.390. The average Bonchev–Trinajstić information content (AvgIpc) is 3.42. The summed E-state index contributed by atoms with van der Waals surface area (Å²) in [6.45, 7) is 0. The van der Waals surface area contributed by atoms with Crippen LogP contribution >= 0.6 is 0 Å². The van der Waals surface area contributed by atoms with Crippen LogP contribution in [0.2, 0.25) is 0 Å². The molecule has 4 heterocycles. The van der Waals surface area contributed by atoms with Crippen LogP contribution in [-0.2, 0) is 4.74 Å². The Bertz CT molecular complexity index is 1990. The summed E-state index contributed by atoms with van der Waals surface area (Å²) < 4.78 is 36.2. The number of benzene rings is 1. The molecule has 42 heavy (non-hydrogen) atoms. The van der Waals surface area contributed by atoms with Crippen molar-refractivity contribution in [2.75, 3.05) is 7.11 Å². The van der Waals surface area contributed by atoms with Gasteiger partial charge in [0.2, 0.25) is 0 Å². The lowest BCUT2D eigenvalue weighted by atomic mass is 9.90. The van der Waals surface area contributed by atoms with Gasteiger partial charge in [-0.1, -0.05) is 6.07 Å². The third-order valence-electron chi connectivity index (χ3n) is 7.46. The smallest absolute Gasteiger partial charge is 0.337 e. The van der Waals surface area contributed by atoms with Crippen LogP contribution in [0.15, 0.2) is 70.6 Å². The van der Waals surface area contributed by atoms with Crippen LogP contribution in [0.25, 0.3) is 22.4 Å². The Balaban J connectivity index is 1.30. The summed E-state index contributed by atoms with van der Waals surface area (Å²) in [4.78, 5) is 60.6. The molecule has 1 amide bonds. The van der Waals surface area contributed by atoms with Gasteiger partial charge in [0.15, 0.2) is 5.65 Å². The molecule has 13 heteroatoms. The number of ether oxygens (including phenoxy) is 1. The Morgan fingerprint density at radius 2 is 1.79 bits per heavy atom. The van der Waals surface area contributed by atoms with E-state index in [1.165, 1.54) is 52.7 Å².